The minimum atomic E-state index is -0.725. The third-order valence-electron chi connectivity index (χ3n) is 6.72. The highest BCUT2D eigenvalue weighted by molar-refractivity contribution is 6.05. The van der Waals surface area contributed by atoms with Crippen LogP contribution in [0.3, 0.4) is 0 Å². The van der Waals surface area contributed by atoms with Crippen LogP contribution in [-0.2, 0) is 7.05 Å². The molecular weight excluding hydrogens is 530 g/mol. The highest BCUT2D eigenvalue weighted by atomic mass is 19.1. The number of carbonyl (C=O) groups excluding carboxylic acids is 1. The van der Waals surface area contributed by atoms with Gasteiger partial charge in [-0.25, -0.2) is 18.0 Å². The first-order chi connectivity index (χ1) is 19.8. The van der Waals surface area contributed by atoms with Crippen molar-refractivity contribution in [2.75, 3.05) is 5.32 Å². The summed E-state index contributed by atoms with van der Waals surface area (Å²) in [4.78, 5) is 30.7. The van der Waals surface area contributed by atoms with Crippen LogP contribution in [0.2, 0.25) is 0 Å². The molecule has 11 heteroatoms. The zero-order valence-corrected chi connectivity index (χ0v) is 21.9. The topological polar surface area (TPSA) is 95.5 Å². The Kier molecular flexibility index (Phi) is 6.38. The second kappa shape index (κ2) is 10.2. The molecule has 0 unspecified atom stereocenters. The number of pyridine rings is 1. The van der Waals surface area contributed by atoms with E-state index in [-0.39, 0.29) is 17.0 Å². The number of hydrogen-bond donors (Lipinski definition) is 1. The monoisotopic (exact) mass is 552 g/mol. The number of hydrogen-bond acceptors (Lipinski definition) is 5. The summed E-state index contributed by atoms with van der Waals surface area (Å²) in [6.07, 6.45) is 4.98. The standard InChI is InChI=1S/C30H22F2N6O3/c1-18-27(30(40)38(36(18)2)21-9-6-19(31)7-10-21)29(39)35-20-8-11-25(23(32)17-20)41-26-12-15-34-37-16-13-22(28(26)37)24-5-3-4-14-33-24/h3-17H,1-2H3,(H,35,39). The number of ether oxygens (including phenoxy) is 1. The minimum Gasteiger partial charge on any atom is -0.452 e. The lowest BCUT2D eigenvalue weighted by Gasteiger charge is -2.11. The summed E-state index contributed by atoms with van der Waals surface area (Å²) in [5.74, 6) is -1.59. The normalized spacial score (nSPS) is 11.1. The molecule has 41 heavy (non-hydrogen) atoms. The van der Waals surface area contributed by atoms with Gasteiger partial charge in [-0.1, -0.05) is 6.07 Å². The quantitative estimate of drug-likeness (QED) is 0.294. The van der Waals surface area contributed by atoms with Gasteiger partial charge in [0.05, 0.1) is 23.3 Å². The van der Waals surface area contributed by atoms with Crippen LogP contribution < -0.4 is 15.6 Å². The SMILES string of the molecule is Cc1c(C(=O)Nc2ccc(Oc3ccnn4ccc(-c5ccccn5)c34)c(F)c2)c(=O)n(-c2ccc(F)cc2)n1C. The van der Waals surface area contributed by atoms with Gasteiger partial charge in [-0.2, -0.15) is 5.10 Å². The number of amides is 1. The molecule has 9 nitrogen and oxygen atoms in total. The van der Waals surface area contributed by atoms with Gasteiger partial charge in [0.15, 0.2) is 17.3 Å². The molecule has 4 heterocycles. The third kappa shape index (κ3) is 4.63. The van der Waals surface area contributed by atoms with Crippen LogP contribution in [0.5, 0.6) is 11.5 Å². The van der Waals surface area contributed by atoms with Crippen LogP contribution >= 0.6 is 0 Å². The highest BCUT2D eigenvalue weighted by Crippen LogP contribution is 2.34. The van der Waals surface area contributed by atoms with Crippen molar-refractivity contribution in [2.24, 2.45) is 7.05 Å². The molecule has 0 saturated carbocycles. The maximum absolute atomic E-state index is 15.2. The molecule has 0 aliphatic heterocycles. The fraction of sp³-hybridized carbons (Fsp3) is 0.0667. The number of carbonyl (C=O) groups is 1. The third-order valence-corrected chi connectivity index (χ3v) is 6.72. The number of halogens is 2. The van der Waals surface area contributed by atoms with E-state index in [0.29, 0.717) is 28.3 Å². The number of rotatable bonds is 6. The van der Waals surface area contributed by atoms with Gasteiger partial charge >= 0.3 is 0 Å². The number of anilines is 1. The van der Waals surface area contributed by atoms with Gasteiger partial charge in [0.2, 0.25) is 0 Å². The van der Waals surface area contributed by atoms with Crippen molar-refractivity contribution in [1.82, 2.24) is 24.0 Å². The molecule has 2 aromatic carbocycles. The fourth-order valence-electron chi connectivity index (χ4n) is 4.64. The minimum absolute atomic E-state index is 0.0705. The Morgan fingerprint density at radius 3 is 2.49 bits per heavy atom. The van der Waals surface area contributed by atoms with Gasteiger partial charge < -0.3 is 10.1 Å². The van der Waals surface area contributed by atoms with Crippen LogP contribution in [0.15, 0.2) is 96.2 Å². The van der Waals surface area contributed by atoms with Crippen molar-refractivity contribution in [2.45, 2.75) is 6.92 Å². The first-order valence-corrected chi connectivity index (χ1v) is 12.5. The first-order valence-electron chi connectivity index (χ1n) is 12.5. The molecule has 6 aromatic rings. The summed E-state index contributed by atoms with van der Waals surface area (Å²) in [5, 5.41) is 6.88. The smallest absolute Gasteiger partial charge is 0.284 e. The van der Waals surface area contributed by atoms with E-state index in [4.69, 9.17) is 4.74 Å². The summed E-state index contributed by atoms with van der Waals surface area (Å²) in [6.45, 7) is 1.62. The van der Waals surface area contributed by atoms with Crippen molar-refractivity contribution in [3.05, 3.63) is 125 Å². The Hall–Kier alpha value is -5.58. The molecule has 1 N–H and O–H groups in total. The van der Waals surface area contributed by atoms with E-state index in [9.17, 15) is 14.0 Å². The summed E-state index contributed by atoms with van der Waals surface area (Å²) in [6, 6.07) is 18.3. The van der Waals surface area contributed by atoms with E-state index in [0.717, 1.165) is 11.6 Å². The maximum atomic E-state index is 15.2. The highest BCUT2D eigenvalue weighted by Gasteiger charge is 2.23. The van der Waals surface area contributed by atoms with Crippen molar-refractivity contribution in [3.63, 3.8) is 0 Å². The van der Waals surface area contributed by atoms with Gasteiger partial charge in [0.25, 0.3) is 11.5 Å². The zero-order chi connectivity index (χ0) is 28.7. The predicted molar refractivity (Wildman–Crippen MR) is 149 cm³/mol. The molecule has 0 aliphatic carbocycles. The van der Waals surface area contributed by atoms with Crippen LogP contribution in [0.1, 0.15) is 16.1 Å². The molecule has 0 fully saturated rings. The molecule has 0 atom stereocenters. The number of fused-ring (bicyclic) bond motifs is 1. The summed E-state index contributed by atoms with van der Waals surface area (Å²) < 4.78 is 38.9. The number of nitrogens with one attached hydrogen (secondary N) is 1. The Morgan fingerprint density at radius 1 is 0.951 bits per heavy atom. The lowest BCUT2D eigenvalue weighted by molar-refractivity contribution is 0.102. The van der Waals surface area contributed by atoms with Crippen LogP contribution in [0.25, 0.3) is 22.5 Å². The van der Waals surface area contributed by atoms with E-state index in [2.05, 4.69) is 15.4 Å². The number of aromatic nitrogens is 5. The second-order valence-corrected chi connectivity index (χ2v) is 9.21. The number of benzene rings is 2. The van der Waals surface area contributed by atoms with Crippen molar-refractivity contribution >= 4 is 17.1 Å². The molecule has 204 valence electrons. The zero-order valence-electron chi connectivity index (χ0n) is 21.9. The van der Waals surface area contributed by atoms with Crippen molar-refractivity contribution in [3.8, 4) is 28.4 Å². The molecule has 0 radical (unpaired) electrons. The van der Waals surface area contributed by atoms with E-state index < -0.39 is 23.1 Å². The molecule has 0 saturated heterocycles. The van der Waals surface area contributed by atoms with E-state index in [1.807, 2.05) is 24.3 Å². The molecule has 0 bridgehead atoms. The summed E-state index contributed by atoms with van der Waals surface area (Å²) in [5.41, 5.74) is 2.29. The lowest BCUT2D eigenvalue weighted by Crippen LogP contribution is -2.25. The van der Waals surface area contributed by atoms with Crippen LogP contribution in [-0.4, -0.2) is 29.9 Å². The predicted octanol–water partition coefficient (Wildman–Crippen LogP) is 5.52. The second-order valence-electron chi connectivity index (χ2n) is 9.21. The largest absolute Gasteiger partial charge is 0.452 e. The molecule has 6 rings (SSSR count). The Morgan fingerprint density at radius 2 is 1.76 bits per heavy atom. The van der Waals surface area contributed by atoms with Gasteiger partial charge in [-0.3, -0.25) is 19.3 Å². The van der Waals surface area contributed by atoms with Gasteiger partial charge in [0.1, 0.15) is 16.9 Å². The summed E-state index contributed by atoms with van der Waals surface area (Å²) in [7, 11) is 1.61. The number of nitrogens with zero attached hydrogens (tertiary/aromatic N) is 5. The summed E-state index contributed by atoms with van der Waals surface area (Å²) >= 11 is 0. The fourth-order valence-corrected chi connectivity index (χ4v) is 4.64. The molecule has 4 aromatic heterocycles. The van der Waals surface area contributed by atoms with Crippen LogP contribution in [0.4, 0.5) is 14.5 Å². The van der Waals surface area contributed by atoms with E-state index >= 15 is 4.39 Å². The molecule has 0 aliphatic rings. The van der Waals surface area contributed by atoms with Crippen molar-refractivity contribution in [1.29, 1.82) is 0 Å². The Bertz CT molecular complexity index is 1980. The van der Waals surface area contributed by atoms with E-state index in [1.165, 1.54) is 52.0 Å². The maximum Gasteiger partial charge on any atom is 0.284 e. The molecule has 1 amide bonds. The molecular formula is C30H22F2N6O3. The average molecular weight is 553 g/mol. The first kappa shape index (κ1) is 25.7. The van der Waals surface area contributed by atoms with Crippen molar-refractivity contribution < 1.29 is 18.3 Å². The van der Waals surface area contributed by atoms with Gasteiger partial charge in [-0.15, -0.1) is 0 Å². The Balaban J connectivity index is 1.27. The Labute approximate surface area is 231 Å². The molecule has 0 spiro atoms. The lowest BCUT2D eigenvalue weighted by atomic mass is 10.1. The van der Waals surface area contributed by atoms with Gasteiger partial charge in [-0.05, 0) is 61.5 Å². The van der Waals surface area contributed by atoms with Gasteiger partial charge in [0, 0.05) is 42.8 Å². The average Bonchev–Trinajstić information content (AvgIpc) is 3.50. The van der Waals surface area contributed by atoms with Crippen LogP contribution in [0, 0.1) is 18.6 Å². The van der Waals surface area contributed by atoms with E-state index in [1.54, 1.807) is 36.9 Å².